The van der Waals surface area contributed by atoms with Gasteiger partial charge in [0.25, 0.3) is 5.91 Å². The second kappa shape index (κ2) is 7.69. The molecule has 0 unspecified atom stereocenters. The molecule has 3 amide bonds. The molecule has 0 bridgehead atoms. The topological polar surface area (TPSA) is 98.8 Å². The Kier molecular flexibility index (Phi) is 5.16. The summed E-state index contributed by atoms with van der Waals surface area (Å²) in [5, 5.41) is 12.8. The molecule has 2 aromatic rings. The van der Waals surface area contributed by atoms with Gasteiger partial charge in [0.05, 0.1) is 12.5 Å². The van der Waals surface area contributed by atoms with Gasteiger partial charge in [-0.05, 0) is 29.8 Å². The van der Waals surface area contributed by atoms with Gasteiger partial charge < -0.3 is 20.0 Å². The summed E-state index contributed by atoms with van der Waals surface area (Å²) in [5.74, 6) is -2.08. The SMILES string of the molecule is O=C([O-])COc1ccc(C=C2NC(=O)N(Cc3ccccc3F)C2=O)cc1. The number of ether oxygens (including phenoxy) is 1. The van der Waals surface area contributed by atoms with Crippen LogP contribution in [0, 0.1) is 5.82 Å². The minimum absolute atomic E-state index is 0.0553. The molecule has 1 heterocycles. The van der Waals surface area contributed by atoms with Crippen LogP contribution in [-0.2, 0) is 16.1 Å². The lowest BCUT2D eigenvalue weighted by Crippen LogP contribution is -2.30. The fourth-order valence-electron chi connectivity index (χ4n) is 2.48. The second-order valence-electron chi connectivity index (χ2n) is 5.70. The molecule has 0 spiro atoms. The first-order valence-corrected chi connectivity index (χ1v) is 7.94. The third-order valence-corrected chi connectivity index (χ3v) is 3.80. The quantitative estimate of drug-likeness (QED) is 0.606. The van der Waals surface area contributed by atoms with Gasteiger partial charge >= 0.3 is 6.03 Å². The smallest absolute Gasteiger partial charge is 0.329 e. The van der Waals surface area contributed by atoms with Gasteiger partial charge in [0, 0.05) is 5.56 Å². The van der Waals surface area contributed by atoms with Gasteiger partial charge in [0.1, 0.15) is 23.9 Å². The first kappa shape index (κ1) is 18.1. The van der Waals surface area contributed by atoms with E-state index >= 15 is 0 Å². The van der Waals surface area contributed by atoms with Crippen molar-refractivity contribution in [2.24, 2.45) is 0 Å². The van der Waals surface area contributed by atoms with Crippen LogP contribution < -0.4 is 15.2 Å². The van der Waals surface area contributed by atoms with E-state index in [0.29, 0.717) is 11.3 Å². The molecule has 3 rings (SSSR count). The molecule has 2 aromatic carbocycles. The second-order valence-corrected chi connectivity index (χ2v) is 5.70. The fourth-order valence-corrected chi connectivity index (χ4v) is 2.48. The number of hydrogen-bond donors (Lipinski definition) is 1. The van der Waals surface area contributed by atoms with Crippen molar-refractivity contribution in [3.63, 3.8) is 0 Å². The third-order valence-electron chi connectivity index (χ3n) is 3.80. The molecule has 27 heavy (non-hydrogen) atoms. The summed E-state index contributed by atoms with van der Waals surface area (Å²) < 4.78 is 18.7. The van der Waals surface area contributed by atoms with Crippen molar-refractivity contribution < 1.29 is 28.6 Å². The van der Waals surface area contributed by atoms with Gasteiger partial charge in [-0.1, -0.05) is 30.3 Å². The number of benzene rings is 2. The van der Waals surface area contributed by atoms with E-state index in [1.807, 2.05) is 0 Å². The van der Waals surface area contributed by atoms with E-state index in [9.17, 15) is 23.9 Å². The van der Waals surface area contributed by atoms with Crippen LogP contribution in [0.2, 0.25) is 0 Å². The Balaban J connectivity index is 1.72. The molecule has 0 aromatic heterocycles. The van der Waals surface area contributed by atoms with Crippen LogP contribution in [0.4, 0.5) is 9.18 Å². The lowest BCUT2D eigenvalue weighted by molar-refractivity contribution is -0.307. The molecule has 1 N–H and O–H groups in total. The van der Waals surface area contributed by atoms with Crippen LogP contribution in [-0.4, -0.2) is 29.4 Å². The van der Waals surface area contributed by atoms with Crippen molar-refractivity contribution in [3.8, 4) is 5.75 Å². The van der Waals surface area contributed by atoms with Crippen molar-refractivity contribution in [2.45, 2.75) is 6.54 Å². The van der Waals surface area contributed by atoms with E-state index < -0.39 is 30.3 Å². The van der Waals surface area contributed by atoms with Crippen molar-refractivity contribution in [3.05, 3.63) is 71.2 Å². The molecule has 0 aliphatic carbocycles. The highest BCUT2D eigenvalue weighted by molar-refractivity contribution is 6.13. The molecule has 138 valence electrons. The average Bonchev–Trinajstić information content (AvgIpc) is 2.90. The van der Waals surface area contributed by atoms with Crippen molar-refractivity contribution >= 4 is 24.0 Å². The Morgan fingerprint density at radius 1 is 1.15 bits per heavy atom. The van der Waals surface area contributed by atoms with Gasteiger partial charge in [0.2, 0.25) is 0 Å². The maximum absolute atomic E-state index is 13.8. The number of urea groups is 1. The lowest BCUT2D eigenvalue weighted by Gasteiger charge is -2.12. The maximum Gasteiger partial charge on any atom is 0.329 e. The standard InChI is InChI=1S/C19H15FN2O5/c20-15-4-2-1-3-13(15)10-22-18(25)16(21-19(22)26)9-12-5-7-14(8-6-12)27-11-17(23)24/h1-9H,10-11H2,(H,21,26)(H,23,24)/p-1. The molecular formula is C19H14FN2O5-. The minimum atomic E-state index is -1.34. The predicted molar refractivity (Wildman–Crippen MR) is 90.4 cm³/mol. The summed E-state index contributed by atoms with van der Waals surface area (Å²) in [6.45, 7) is -0.745. The number of carbonyl (C=O) groups excluding carboxylic acids is 3. The largest absolute Gasteiger partial charge is 0.546 e. The van der Waals surface area contributed by atoms with E-state index in [1.165, 1.54) is 36.4 Å². The lowest BCUT2D eigenvalue weighted by atomic mass is 10.1. The molecule has 1 aliphatic rings. The number of carbonyl (C=O) groups is 3. The number of aliphatic carboxylic acids is 1. The van der Waals surface area contributed by atoms with E-state index in [2.05, 4.69) is 5.32 Å². The molecule has 1 fully saturated rings. The normalized spacial score (nSPS) is 15.1. The number of halogens is 1. The van der Waals surface area contributed by atoms with Crippen LogP contribution in [0.5, 0.6) is 5.75 Å². The Hall–Kier alpha value is -3.68. The Bertz CT molecular complexity index is 924. The van der Waals surface area contributed by atoms with Gasteiger partial charge in [-0.3, -0.25) is 9.69 Å². The molecular weight excluding hydrogens is 355 g/mol. The van der Waals surface area contributed by atoms with E-state index in [4.69, 9.17) is 4.74 Å². The first-order chi connectivity index (χ1) is 12.9. The van der Waals surface area contributed by atoms with Crippen LogP contribution in [0.1, 0.15) is 11.1 Å². The molecule has 8 heteroatoms. The summed E-state index contributed by atoms with van der Waals surface area (Å²) >= 11 is 0. The predicted octanol–water partition coefficient (Wildman–Crippen LogP) is 1.05. The summed E-state index contributed by atoms with van der Waals surface area (Å²) in [6.07, 6.45) is 1.46. The fraction of sp³-hybridized carbons (Fsp3) is 0.105. The Morgan fingerprint density at radius 2 is 1.85 bits per heavy atom. The number of hydrogen-bond acceptors (Lipinski definition) is 5. The number of amides is 3. The van der Waals surface area contributed by atoms with Crippen LogP contribution in [0.15, 0.2) is 54.2 Å². The van der Waals surface area contributed by atoms with Crippen molar-refractivity contribution in [2.75, 3.05) is 6.61 Å². The zero-order valence-corrected chi connectivity index (χ0v) is 14.0. The molecule has 0 radical (unpaired) electrons. The van der Waals surface area contributed by atoms with E-state index in [-0.39, 0.29) is 17.8 Å². The zero-order chi connectivity index (χ0) is 19.4. The van der Waals surface area contributed by atoms with Crippen LogP contribution in [0.25, 0.3) is 6.08 Å². The highest BCUT2D eigenvalue weighted by Crippen LogP contribution is 2.19. The van der Waals surface area contributed by atoms with E-state index in [0.717, 1.165) is 4.90 Å². The number of nitrogens with zero attached hydrogens (tertiary/aromatic N) is 1. The maximum atomic E-state index is 13.8. The number of carboxylic acid groups (broad SMARTS) is 1. The van der Waals surface area contributed by atoms with Gasteiger partial charge in [-0.15, -0.1) is 0 Å². The van der Waals surface area contributed by atoms with Crippen LogP contribution >= 0.6 is 0 Å². The molecule has 0 atom stereocenters. The number of carboxylic acids is 1. The summed E-state index contributed by atoms with van der Waals surface area (Å²) in [5.41, 5.74) is 0.878. The summed E-state index contributed by atoms with van der Waals surface area (Å²) in [6, 6.07) is 11.5. The van der Waals surface area contributed by atoms with Gasteiger partial charge in [-0.2, -0.15) is 0 Å². The number of nitrogens with one attached hydrogen (secondary N) is 1. The van der Waals surface area contributed by atoms with E-state index in [1.54, 1.807) is 18.2 Å². The monoisotopic (exact) mass is 369 g/mol. The number of rotatable bonds is 6. The molecule has 1 aliphatic heterocycles. The average molecular weight is 369 g/mol. The molecule has 1 saturated heterocycles. The Morgan fingerprint density at radius 3 is 2.52 bits per heavy atom. The highest BCUT2D eigenvalue weighted by atomic mass is 19.1. The number of imide groups is 1. The van der Waals surface area contributed by atoms with Crippen molar-refractivity contribution in [1.82, 2.24) is 10.2 Å². The molecule has 7 nitrogen and oxygen atoms in total. The summed E-state index contributed by atoms with van der Waals surface area (Å²) in [4.78, 5) is 35.8. The Labute approximate surface area is 153 Å². The zero-order valence-electron chi connectivity index (χ0n) is 14.0. The minimum Gasteiger partial charge on any atom is -0.546 e. The first-order valence-electron chi connectivity index (χ1n) is 7.94. The summed E-state index contributed by atoms with van der Waals surface area (Å²) in [7, 11) is 0. The van der Waals surface area contributed by atoms with Gasteiger partial charge in [-0.25, -0.2) is 9.18 Å². The third kappa shape index (κ3) is 4.30. The highest BCUT2D eigenvalue weighted by Gasteiger charge is 2.33. The van der Waals surface area contributed by atoms with Crippen LogP contribution in [0.3, 0.4) is 0 Å². The van der Waals surface area contributed by atoms with Crippen molar-refractivity contribution in [1.29, 1.82) is 0 Å². The van der Waals surface area contributed by atoms with Gasteiger partial charge in [0.15, 0.2) is 0 Å². The molecule has 0 saturated carbocycles.